The number of amides is 1. The molecule has 0 radical (unpaired) electrons. The van der Waals surface area contributed by atoms with E-state index in [1.807, 2.05) is 51.8 Å². The van der Waals surface area contributed by atoms with Crippen LogP contribution < -0.4 is 10.2 Å². The Morgan fingerprint density at radius 2 is 2.00 bits per heavy atom. The zero-order valence-electron chi connectivity index (χ0n) is 16.4. The van der Waals surface area contributed by atoms with Gasteiger partial charge in [-0.05, 0) is 53.0 Å². The first-order chi connectivity index (χ1) is 12.2. The molecule has 6 heteroatoms. The van der Waals surface area contributed by atoms with Crippen LogP contribution >= 0.6 is 0 Å². The molecule has 140 valence electrons. The van der Waals surface area contributed by atoms with Gasteiger partial charge in [0.2, 0.25) is 5.91 Å². The summed E-state index contributed by atoms with van der Waals surface area (Å²) in [6.45, 7) is 8.04. The average molecular weight is 355 g/mol. The number of aryl methyl sites for hydroxylation is 1. The summed E-state index contributed by atoms with van der Waals surface area (Å²) in [5.74, 6) is 1.12. The SMILES string of the molecule is C/C=C\C=C/C(=N)c1nc2c(c(N(C)CC(=O)NC(C)(C)C)n1)CCC2. The Hall–Kier alpha value is -2.50. The van der Waals surface area contributed by atoms with E-state index in [4.69, 9.17) is 5.41 Å². The maximum absolute atomic E-state index is 12.3. The van der Waals surface area contributed by atoms with Gasteiger partial charge in [-0.3, -0.25) is 10.2 Å². The minimum atomic E-state index is -0.267. The Kier molecular flexibility index (Phi) is 6.29. The third kappa shape index (κ3) is 5.25. The van der Waals surface area contributed by atoms with Crippen molar-refractivity contribution in [3.8, 4) is 0 Å². The van der Waals surface area contributed by atoms with Crippen molar-refractivity contribution in [3.63, 3.8) is 0 Å². The highest BCUT2D eigenvalue weighted by Crippen LogP contribution is 2.28. The maximum atomic E-state index is 12.3. The molecule has 0 aromatic carbocycles. The van der Waals surface area contributed by atoms with Gasteiger partial charge in [-0.15, -0.1) is 0 Å². The van der Waals surface area contributed by atoms with Crippen LogP contribution in [-0.2, 0) is 17.6 Å². The first kappa shape index (κ1) is 19.8. The number of fused-ring (bicyclic) bond motifs is 1. The highest BCUT2D eigenvalue weighted by atomic mass is 16.2. The molecule has 26 heavy (non-hydrogen) atoms. The van der Waals surface area contributed by atoms with Crippen molar-refractivity contribution < 1.29 is 4.79 Å². The lowest BCUT2D eigenvalue weighted by atomic mass is 10.1. The van der Waals surface area contributed by atoms with E-state index in [-0.39, 0.29) is 23.7 Å². The van der Waals surface area contributed by atoms with Crippen LogP contribution in [0.1, 0.15) is 51.2 Å². The molecule has 1 aliphatic carbocycles. The molecule has 0 unspecified atom stereocenters. The Labute approximate surface area is 155 Å². The Morgan fingerprint density at radius 1 is 1.27 bits per heavy atom. The van der Waals surface area contributed by atoms with Gasteiger partial charge in [0.25, 0.3) is 0 Å². The summed E-state index contributed by atoms with van der Waals surface area (Å²) >= 11 is 0. The lowest BCUT2D eigenvalue weighted by Crippen LogP contribution is -2.45. The molecule has 0 spiro atoms. The summed E-state index contributed by atoms with van der Waals surface area (Å²) in [7, 11) is 1.87. The highest BCUT2D eigenvalue weighted by molar-refractivity contribution is 6.04. The summed E-state index contributed by atoms with van der Waals surface area (Å²) in [6, 6.07) is 0. The average Bonchev–Trinajstić information content (AvgIpc) is 3.00. The molecule has 0 aliphatic heterocycles. The lowest BCUT2D eigenvalue weighted by molar-refractivity contribution is -0.121. The Bertz CT molecular complexity index is 743. The number of hydrogen-bond acceptors (Lipinski definition) is 5. The molecule has 0 bridgehead atoms. The molecule has 2 N–H and O–H groups in total. The van der Waals surface area contributed by atoms with E-state index < -0.39 is 0 Å². The maximum Gasteiger partial charge on any atom is 0.239 e. The molecule has 0 saturated heterocycles. The van der Waals surface area contributed by atoms with Crippen molar-refractivity contribution in [1.82, 2.24) is 15.3 Å². The van der Waals surface area contributed by atoms with Gasteiger partial charge in [-0.25, -0.2) is 9.97 Å². The summed E-state index contributed by atoms with van der Waals surface area (Å²) in [5, 5.41) is 11.2. The van der Waals surface area contributed by atoms with Crippen LogP contribution in [0.25, 0.3) is 0 Å². The lowest BCUT2D eigenvalue weighted by Gasteiger charge is -2.25. The van der Waals surface area contributed by atoms with Crippen LogP contribution in [0.4, 0.5) is 5.82 Å². The van der Waals surface area contributed by atoms with Crippen molar-refractivity contribution in [2.24, 2.45) is 0 Å². The van der Waals surface area contributed by atoms with E-state index in [9.17, 15) is 4.79 Å². The minimum Gasteiger partial charge on any atom is -0.350 e. The van der Waals surface area contributed by atoms with E-state index in [2.05, 4.69) is 15.3 Å². The second kappa shape index (κ2) is 8.25. The minimum absolute atomic E-state index is 0.0463. The molecule has 1 heterocycles. The first-order valence-corrected chi connectivity index (χ1v) is 9.01. The number of rotatable bonds is 6. The third-order valence-corrected chi connectivity index (χ3v) is 3.98. The summed E-state index contributed by atoms with van der Waals surface area (Å²) in [6.07, 6.45) is 10.1. The smallest absolute Gasteiger partial charge is 0.239 e. The normalized spacial score (nSPS) is 14.0. The molecule has 2 rings (SSSR count). The molecule has 1 amide bonds. The number of nitrogens with zero attached hydrogens (tertiary/aromatic N) is 3. The summed E-state index contributed by atoms with van der Waals surface area (Å²) in [4.78, 5) is 23.3. The number of carbonyl (C=O) groups is 1. The number of aromatic nitrogens is 2. The highest BCUT2D eigenvalue weighted by Gasteiger charge is 2.24. The fourth-order valence-corrected chi connectivity index (χ4v) is 2.93. The molecule has 0 fully saturated rings. The van der Waals surface area contributed by atoms with Gasteiger partial charge < -0.3 is 10.2 Å². The zero-order valence-corrected chi connectivity index (χ0v) is 16.4. The number of anilines is 1. The van der Waals surface area contributed by atoms with Crippen molar-refractivity contribution in [2.45, 2.75) is 52.5 Å². The Balaban J connectivity index is 2.27. The largest absolute Gasteiger partial charge is 0.350 e. The topological polar surface area (TPSA) is 82.0 Å². The molecular weight excluding hydrogens is 326 g/mol. The van der Waals surface area contributed by atoms with Gasteiger partial charge in [0.15, 0.2) is 5.82 Å². The molecule has 6 nitrogen and oxygen atoms in total. The second-order valence-corrected chi connectivity index (χ2v) is 7.60. The van der Waals surface area contributed by atoms with E-state index in [0.717, 1.165) is 36.3 Å². The number of carbonyl (C=O) groups excluding carboxylic acids is 1. The molecular formula is C20H29N5O. The number of hydrogen-bond donors (Lipinski definition) is 2. The van der Waals surface area contributed by atoms with E-state index in [1.165, 1.54) is 0 Å². The van der Waals surface area contributed by atoms with Gasteiger partial charge in [0.05, 0.1) is 12.3 Å². The van der Waals surface area contributed by atoms with Gasteiger partial charge >= 0.3 is 0 Å². The molecule has 1 aliphatic rings. The number of nitrogens with one attached hydrogen (secondary N) is 2. The van der Waals surface area contributed by atoms with Crippen LogP contribution in [0.5, 0.6) is 0 Å². The monoisotopic (exact) mass is 355 g/mol. The van der Waals surface area contributed by atoms with Crippen molar-refractivity contribution in [1.29, 1.82) is 5.41 Å². The molecule has 0 atom stereocenters. The third-order valence-electron chi connectivity index (χ3n) is 3.98. The van der Waals surface area contributed by atoms with Crippen molar-refractivity contribution >= 4 is 17.4 Å². The van der Waals surface area contributed by atoms with Crippen LogP contribution in [0.15, 0.2) is 24.3 Å². The zero-order chi connectivity index (χ0) is 19.3. The van der Waals surface area contributed by atoms with Crippen LogP contribution in [0, 0.1) is 5.41 Å². The molecule has 1 aromatic heterocycles. The summed E-state index contributed by atoms with van der Waals surface area (Å²) in [5.41, 5.74) is 2.10. The molecule has 1 aromatic rings. The van der Waals surface area contributed by atoms with Crippen molar-refractivity contribution in [3.05, 3.63) is 41.4 Å². The number of likely N-dealkylation sites (N-methyl/N-ethyl adjacent to an activating group) is 1. The van der Waals surface area contributed by atoms with E-state index in [0.29, 0.717) is 5.82 Å². The van der Waals surface area contributed by atoms with Crippen LogP contribution in [-0.4, -0.2) is 40.7 Å². The standard InChI is InChI=1S/C20H29N5O/c1-6-7-8-11-15(21)18-22-16-12-9-10-14(16)19(23-18)25(5)13-17(26)24-20(2,3)4/h6-8,11,21H,9-10,12-13H2,1-5H3,(H,24,26)/b7-6-,11-8-,21-15?. The number of allylic oxidation sites excluding steroid dienone is 4. The fraction of sp³-hybridized carbons (Fsp3) is 0.500. The van der Waals surface area contributed by atoms with Crippen LogP contribution in [0.3, 0.4) is 0 Å². The fourth-order valence-electron chi connectivity index (χ4n) is 2.93. The summed E-state index contributed by atoms with van der Waals surface area (Å²) < 4.78 is 0. The van der Waals surface area contributed by atoms with Crippen LogP contribution in [0.2, 0.25) is 0 Å². The van der Waals surface area contributed by atoms with Gasteiger partial charge in [-0.2, -0.15) is 0 Å². The molecule has 0 saturated carbocycles. The predicted molar refractivity (Wildman–Crippen MR) is 106 cm³/mol. The first-order valence-electron chi connectivity index (χ1n) is 9.01. The van der Waals surface area contributed by atoms with Gasteiger partial charge in [0.1, 0.15) is 5.82 Å². The van der Waals surface area contributed by atoms with E-state index >= 15 is 0 Å². The van der Waals surface area contributed by atoms with Crippen molar-refractivity contribution in [2.75, 3.05) is 18.5 Å². The Morgan fingerprint density at radius 3 is 2.65 bits per heavy atom. The second-order valence-electron chi connectivity index (χ2n) is 7.60. The quantitative estimate of drug-likeness (QED) is 0.607. The van der Waals surface area contributed by atoms with Gasteiger partial charge in [-0.1, -0.05) is 18.2 Å². The van der Waals surface area contributed by atoms with E-state index in [1.54, 1.807) is 12.2 Å². The predicted octanol–water partition coefficient (Wildman–Crippen LogP) is 2.82. The van der Waals surface area contributed by atoms with Gasteiger partial charge in [0, 0.05) is 23.8 Å².